The third kappa shape index (κ3) is 2.62. The van der Waals surface area contributed by atoms with Crippen molar-refractivity contribution >= 4 is 11.5 Å². The van der Waals surface area contributed by atoms with Crippen LogP contribution in [0.25, 0.3) is 5.65 Å². The van der Waals surface area contributed by atoms with Crippen LogP contribution in [-0.4, -0.2) is 32.7 Å². The van der Waals surface area contributed by atoms with Crippen LogP contribution in [0, 0.1) is 0 Å². The molecule has 21 heavy (non-hydrogen) atoms. The Hall–Kier alpha value is -1.62. The summed E-state index contributed by atoms with van der Waals surface area (Å²) >= 11 is 0. The highest BCUT2D eigenvalue weighted by Crippen LogP contribution is 2.41. The van der Waals surface area contributed by atoms with Crippen molar-refractivity contribution in [3.05, 3.63) is 24.0 Å². The molecule has 0 unspecified atom stereocenters. The minimum absolute atomic E-state index is 0.264. The van der Waals surface area contributed by atoms with Gasteiger partial charge in [-0.15, -0.1) is 0 Å². The summed E-state index contributed by atoms with van der Waals surface area (Å²) in [7, 11) is 0. The first kappa shape index (κ1) is 13.1. The van der Waals surface area contributed by atoms with Gasteiger partial charge in [0.25, 0.3) is 0 Å². The van der Waals surface area contributed by atoms with Gasteiger partial charge in [-0.1, -0.05) is 0 Å². The largest absolute Gasteiger partial charge is 0.366 e. The van der Waals surface area contributed by atoms with Crippen molar-refractivity contribution in [2.45, 2.75) is 57.0 Å². The number of anilines is 1. The molecule has 0 radical (unpaired) electrons. The molecular weight excluding hydrogens is 262 g/mol. The summed E-state index contributed by atoms with van der Waals surface area (Å²) in [6.07, 6.45) is 8.92. The van der Waals surface area contributed by atoms with E-state index in [1.807, 2.05) is 23.0 Å². The standard InChI is InChI=1S/C16H23N5/c1-16(2)7-5-12(9-17-16)19-14-6-8-21-15(20-14)13(10-18-21)11-3-4-11/h6,8,10-12,17H,3-5,7,9H2,1-2H3,(H,19,20)/t12-/m0/s1. The summed E-state index contributed by atoms with van der Waals surface area (Å²) in [4.78, 5) is 4.79. The fourth-order valence-electron chi connectivity index (χ4n) is 3.11. The van der Waals surface area contributed by atoms with E-state index in [0.717, 1.165) is 18.0 Å². The SMILES string of the molecule is CC1(C)CC[C@H](Nc2ccn3ncc(C4CC4)c3n2)CN1. The number of nitrogens with zero attached hydrogens (tertiary/aromatic N) is 3. The molecular formula is C16H23N5. The Labute approximate surface area is 125 Å². The Morgan fingerprint density at radius 3 is 2.90 bits per heavy atom. The summed E-state index contributed by atoms with van der Waals surface area (Å²) < 4.78 is 1.89. The Morgan fingerprint density at radius 2 is 2.19 bits per heavy atom. The predicted octanol–water partition coefficient (Wildman–Crippen LogP) is 2.55. The van der Waals surface area contributed by atoms with Gasteiger partial charge in [0.05, 0.1) is 6.20 Å². The molecule has 0 spiro atoms. The number of piperidine rings is 1. The molecule has 1 aliphatic heterocycles. The molecule has 3 heterocycles. The summed E-state index contributed by atoms with van der Waals surface area (Å²) in [5, 5.41) is 11.6. The smallest absolute Gasteiger partial charge is 0.160 e. The van der Waals surface area contributed by atoms with E-state index in [1.165, 1.54) is 31.2 Å². The van der Waals surface area contributed by atoms with E-state index < -0.39 is 0 Å². The lowest BCUT2D eigenvalue weighted by atomic mass is 9.91. The van der Waals surface area contributed by atoms with Gasteiger partial charge in [0.1, 0.15) is 5.82 Å². The molecule has 1 saturated heterocycles. The molecule has 4 rings (SSSR count). The van der Waals surface area contributed by atoms with E-state index in [-0.39, 0.29) is 5.54 Å². The van der Waals surface area contributed by atoms with Crippen LogP contribution >= 0.6 is 0 Å². The molecule has 2 fully saturated rings. The molecule has 112 valence electrons. The van der Waals surface area contributed by atoms with Gasteiger partial charge in [-0.2, -0.15) is 5.10 Å². The third-order valence-electron chi connectivity index (χ3n) is 4.71. The number of aromatic nitrogens is 3. The molecule has 2 aromatic rings. The zero-order valence-corrected chi connectivity index (χ0v) is 12.8. The molecule has 2 aromatic heterocycles. The molecule has 2 N–H and O–H groups in total. The van der Waals surface area contributed by atoms with Gasteiger partial charge < -0.3 is 10.6 Å². The number of rotatable bonds is 3. The van der Waals surface area contributed by atoms with Gasteiger partial charge in [-0.25, -0.2) is 9.50 Å². The van der Waals surface area contributed by atoms with Crippen molar-refractivity contribution in [2.24, 2.45) is 0 Å². The van der Waals surface area contributed by atoms with Gasteiger partial charge in [-0.05, 0) is 51.5 Å². The van der Waals surface area contributed by atoms with E-state index in [4.69, 9.17) is 4.98 Å². The molecule has 5 heteroatoms. The quantitative estimate of drug-likeness (QED) is 0.910. The fourth-order valence-corrected chi connectivity index (χ4v) is 3.11. The van der Waals surface area contributed by atoms with Crippen molar-refractivity contribution in [1.29, 1.82) is 0 Å². The zero-order valence-electron chi connectivity index (χ0n) is 12.8. The fraction of sp³-hybridized carbons (Fsp3) is 0.625. The lowest BCUT2D eigenvalue weighted by Crippen LogP contribution is -2.50. The highest BCUT2D eigenvalue weighted by molar-refractivity contribution is 5.54. The maximum atomic E-state index is 4.79. The van der Waals surface area contributed by atoms with E-state index in [2.05, 4.69) is 29.6 Å². The van der Waals surface area contributed by atoms with Crippen LogP contribution in [0.3, 0.4) is 0 Å². The maximum Gasteiger partial charge on any atom is 0.160 e. The maximum absolute atomic E-state index is 4.79. The van der Waals surface area contributed by atoms with Crippen LogP contribution in [0.5, 0.6) is 0 Å². The van der Waals surface area contributed by atoms with E-state index in [1.54, 1.807) is 0 Å². The number of fused-ring (bicyclic) bond motifs is 1. The van der Waals surface area contributed by atoms with Crippen molar-refractivity contribution in [3.8, 4) is 0 Å². The van der Waals surface area contributed by atoms with Gasteiger partial charge >= 0.3 is 0 Å². The number of nitrogens with one attached hydrogen (secondary N) is 2. The second-order valence-electron chi connectivity index (χ2n) is 7.10. The van der Waals surface area contributed by atoms with Crippen molar-refractivity contribution < 1.29 is 0 Å². The Bertz CT molecular complexity index is 646. The van der Waals surface area contributed by atoms with Crippen LogP contribution in [0.2, 0.25) is 0 Å². The summed E-state index contributed by atoms with van der Waals surface area (Å²) in [6, 6.07) is 2.48. The highest BCUT2D eigenvalue weighted by Gasteiger charge is 2.28. The van der Waals surface area contributed by atoms with Crippen molar-refractivity contribution in [1.82, 2.24) is 19.9 Å². The average molecular weight is 285 g/mol. The summed E-state index contributed by atoms with van der Waals surface area (Å²) in [5.41, 5.74) is 2.59. The number of hydrogen-bond donors (Lipinski definition) is 2. The van der Waals surface area contributed by atoms with Gasteiger partial charge in [-0.3, -0.25) is 0 Å². The van der Waals surface area contributed by atoms with Gasteiger partial charge in [0, 0.05) is 29.9 Å². The van der Waals surface area contributed by atoms with Crippen LogP contribution in [-0.2, 0) is 0 Å². The van der Waals surface area contributed by atoms with E-state index in [0.29, 0.717) is 12.0 Å². The zero-order chi connectivity index (χ0) is 14.4. The monoisotopic (exact) mass is 285 g/mol. The molecule has 1 aliphatic carbocycles. The van der Waals surface area contributed by atoms with Crippen LogP contribution in [0.15, 0.2) is 18.5 Å². The molecule has 0 bridgehead atoms. The molecule has 1 saturated carbocycles. The summed E-state index contributed by atoms with van der Waals surface area (Å²) in [6.45, 7) is 5.53. The molecule has 2 aliphatic rings. The second kappa shape index (κ2) is 4.70. The highest BCUT2D eigenvalue weighted by atomic mass is 15.3. The summed E-state index contributed by atoms with van der Waals surface area (Å²) in [5.74, 6) is 1.65. The lowest BCUT2D eigenvalue weighted by molar-refractivity contribution is 0.289. The topological polar surface area (TPSA) is 54.2 Å². The average Bonchev–Trinajstić information content (AvgIpc) is 3.21. The van der Waals surface area contributed by atoms with Crippen molar-refractivity contribution in [2.75, 3.05) is 11.9 Å². The molecule has 0 aromatic carbocycles. The Morgan fingerprint density at radius 1 is 1.33 bits per heavy atom. The third-order valence-corrected chi connectivity index (χ3v) is 4.71. The molecule has 0 amide bonds. The minimum Gasteiger partial charge on any atom is -0.366 e. The lowest BCUT2D eigenvalue weighted by Gasteiger charge is -2.36. The van der Waals surface area contributed by atoms with E-state index >= 15 is 0 Å². The number of hydrogen-bond acceptors (Lipinski definition) is 4. The van der Waals surface area contributed by atoms with Crippen LogP contribution in [0.1, 0.15) is 51.0 Å². The van der Waals surface area contributed by atoms with Crippen molar-refractivity contribution in [3.63, 3.8) is 0 Å². The molecule has 5 nitrogen and oxygen atoms in total. The minimum atomic E-state index is 0.264. The predicted molar refractivity (Wildman–Crippen MR) is 83.7 cm³/mol. The second-order valence-corrected chi connectivity index (χ2v) is 7.10. The van der Waals surface area contributed by atoms with E-state index in [9.17, 15) is 0 Å². The first-order valence-electron chi connectivity index (χ1n) is 7.97. The first-order valence-corrected chi connectivity index (χ1v) is 7.97. The van der Waals surface area contributed by atoms with Gasteiger partial charge in [0.2, 0.25) is 0 Å². The Kier molecular flexibility index (Phi) is 2.92. The first-order chi connectivity index (χ1) is 10.1. The molecule has 1 atom stereocenters. The van der Waals surface area contributed by atoms with Gasteiger partial charge in [0.15, 0.2) is 5.65 Å². The normalized spacial score (nSPS) is 25.1. The van der Waals surface area contributed by atoms with Crippen LogP contribution in [0.4, 0.5) is 5.82 Å². The van der Waals surface area contributed by atoms with Crippen LogP contribution < -0.4 is 10.6 Å². The Balaban J connectivity index is 1.52.